The Kier molecular flexibility index (Phi) is 2.33. The molecule has 0 aromatic heterocycles. The van der Waals surface area contributed by atoms with Gasteiger partial charge in [0.2, 0.25) is 0 Å². The molecule has 0 spiro atoms. The van der Waals surface area contributed by atoms with Crippen molar-refractivity contribution in [1.29, 1.82) is 0 Å². The van der Waals surface area contributed by atoms with Gasteiger partial charge in [-0.05, 0) is 29.4 Å². The first-order chi connectivity index (χ1) is 5.16. The van der Waals surface area contributed by atoms with Crippen LogP contribution >= 0.6 is 0 Å². The van der Waals surface area contributed by atoms with E-state index in [-0.39, 0.29) is 0 Å². The van der Waals surface area contributed by atoms with Crippen LogP contribution < -0.4 is 0 Å². The number of allylic oxidation sites excluding steroid dienone is 4. The van der Waals surface area contributed by atoms with Gasteiger partial charge in [0.15, 0.2) is 0 Å². The van der Waals surface area contributed by atoms with Crippen LogP contribution in [-0.2, 0) is 0 Å². The Balaban J connectivity index is 2.88. The zero-order chi connectivity index (χ0) is 8.43. The monoisotopic (exact) mass is 148 g/mol. The van der Waals surface area contributed by atoms with Crippen molar-refractivity contribution >= 4 is 0 Å². The van der Waals surface area contributed by atoms with Crippen molar-refractivity contribution in [2.75, 3.05) is 0 Å². The Morgan fingerprint density at radius 2 is 2.00 bits per heavy atom. The average Bonchev–Trinajstić information content (AvgIpc) is 2.17. The molecule has 0 radical (unpaired) electrons. The summed E-state index contributed by atoms with van der Waals surface area (Å²) in [6, 6.07) is 0. The van der Waals surface area contributed by atoms with Crippen LogP contribution in [0.2, 0.25) is 0 Å². The van der Waals surface area contributed by atoms with E-state index in [4.69, 9.17) is 0 Å². The Morgan fingerprint density at radius 3 is 2.36 bits per heavy atom. The van der Waals surface area contributed by atoms with Crippen LogP contribution in [0.25, 0.3) is 0 Å². The van der Waals surface area contributed by atoms with Crippen LogP contribution in [0.3, 0.4) is 0 Å². The predicted octanol–water partition coefficient (Wildman–Crippen LogP) is 3.33. The van der Waals surface area contributed by atoms with Gasteiger partial charge in [-0.25, -0.2) is 0 Å². The molecule has 0 aliphatic heterocycles. The lowest BCUT2D eigenvalue weighted by atomic mass is 10.0. The maximum Gasteiger partial charge on any atom is -0.0182 e. The quantitative estimate of drug-likeness (QED) is 0.535. The van der Waals surface area contributed by atoms with Crippen molar-refractivity contribution in [3.8, 4) is 0 Å². The van der Waals surface area contributed by atoms with E-state index in [1.165, 1.54) is 17.6 Å². The fraction of sp³-hybridized carbons (Fsp3) is 0.455. The first kappa shape index (κ1) is 8.32. The molecule has 1 saturated carbocycles. The minimum absolute atomic E-state index is 0.663. The number of rotatable bonds is 1. The van der Waals surface area contributed by atoms with E-state index in [1.54, 1.807) is 0 Å². The SMILES string of the molecule is C=C/C=C1\C(=C)C(C)CC1C. The predicted molar refractivity (Wildman–Crippen MR) is 50.4 cm³/mol. The molecule has 0 nitrogen and oxygen atoms in total. The van der Waals surface area contributed by atoms with E-state index in [0.717, 1.165) is 0 Å². The summed E-state index contributed by atoms with van der Waals surface area (Å²) < 4.78 is 0. The normalized spacial score (nSPS) is 34.7. The third-order valence-corrected chi connectivity index (χ3v) is 2.50. The minimum atomic E-state index is 0.663. The lowest BCUT2D eigenvalue weighted by Gasteiger charge is -2.03. The van der Waals surface area contributed by atoms with Crippen LogP contribution in [0.15, 0.2) is 36.5 Å². The second kappa shape index (κ2) is 3.08. The molecule has 60 valence electrons. The molecule has 2 unspecified atom stereocenters. The van der Waals surface area contributed by atoms with Gasteiger partial charge in [-0.2, -0.15) is 0 Å². The van der Waals surface area contributed by atoms with Crippen LogP contribution in [0.4, 0.5) is 0 Å². The molecule has 0 N–H and O–H groups in total. The molecule has 1 aliphatic rings. The summed E-state index contributed by atoms with van der Waals surface area (Å²) in [4.78, 5) is 0. The summed E-state index contributed by atoms with van der Waals surface area (Å²) in [7, 11) is 0. The standard InChI is InChI=1S/C11H16/c1-5-6-11-9(3)7-8(2)10(11)4/h5-6,8-9H,1,4,7H2,2-3H3/b11-6-. The molecule has 0 saturated heterocycles. The highest BCUT2D eigenvalue weighted by Crippen LogP contribution is 2.38. The molecule has 2 atom stereocenters. The van der Waals surface area contributed by atoms with Gasteiger partial charge in [-0.3, -0.25) is 0 Å². The number of hydrogen-bond donors (Lipinski definition) is 0. The molecule has 0 heterocycles. The Bertz CT molecular complexity index is 208. The minimum Gasteiger partial charge on any atom is -0.0991 e. The van der Waals surface area contributed by atoms with Crippen molar-refractivity contribution in [3.05, 3.63) is 36.5 Å². The van der Waals surface area contributed by atoms with E-state index in [2.05, 4.69) is 33.1 Å². The van der Waals surface area contributed by atoms with Crippen molar-refractivity contribution < 1.29 is 0 Å². The van der Waals surface area contributed by atoms with E-state index in [1.807, 2.05) is 6.08 Å². The molecule has 1 rings (SSSR count). The summed E-state index contributed by atoms with van der Waals surface area (Å²) in [6.45, 7) is 12.3. The fourth-order valence-corrected chi connectivity index (χ4v) is 1.80. The Morgan fingerprint density at radius 1 is 1.36 bits per heavy atom. The third-order valence-electron chi connectivity index (χ3n) is 2.50. The third kappa shape index (κ3) is 1.45. The highest BCUT2D eigenvalue weighted by atomic mass is 14.3. The molecule has 0 bridgehead atoms. The molecule has 1 aliphatic carbocycles. The second-order valence-electron chi connectivity index (χ2n) is 3.42. The van der Waals surface area contributed by atoms with Crippen LogP contribution in [0, 0.1) is 11.8 Å². The van der Waals surface area contributed by atoms with Gasteiger partial charge in [-0.15, -0.1) is 0 Å². The first-order valence-electron chi connectivity index (χ1n) is 4.18. The number of hydrogen-bond acceptors (Lipinski definition) is 0. The van der Waals surface area contributed by atoms with E-state index in [9.17, 15) is 0 Å². The smallest absolute Gasteiger partial charge is 0.0182 e. The van der Waals surface area contributed by atoms with E-state index in [0.29, 0.717) is 11.8 Å². The highest BCUT2D eigenvalue weighted by molar-refractivity contribution is 5.38. The summed E-state index contributed by atoms with van der Waals surface area (Å²) in [5.74, 6) is 1.34. The Labute approximate surface area is 69.3 Å². The molecule has 0 heteroatoms. The van der Waals surface area contributed by atoms with Gasteiger partial charge in [0, 0.05) is 0 Å². The lowest BCUT2D eigenvalue weighted by Crippen LogP contribution is -1.87. The summed E-state index contributed by atoms with van der Waals surface area (Å²) in [5.41, 5.74) is 2.70. The van der Waals surface area contributed by atoms with Gasteiger partial charge in [0.25, 0.3) is 0 Å². The highest BCUT2D eigenvalue weighted by Gasteiger charge is 2.25. The van der Waals surface area contributed by atoms with Crippen LogP contribution in [-0.4, -0.2) is 0 Å². The van der Waals surface area contributed by atoms with Gasteiger partial charge >= 0.3 is 0 Å². The molecular weight excluding hydrogens is 132 g/mol. The molecule has 0 amide bonds. The molecule has 0 aromatic carbocycles. The summed E-state index contributed by atoms with van der Waals surface area (Å²) in [6.07, 6.45) is 5.20. The summed E-state index contributed by atoms with van der Waals surface area (Å²) in [5, 5.41) is 0. The van der Waals surface area contributed by atoms with Crippen molar-refractivity contribution in [2.45, 2.75) is 20.3 Å². The summed E-state index contributed by atoms with van der Waals surface area (Å²) >= 11 is 0. The fourth-order valence-electron chi connectivity index (χ4n) is 1.80. The topological polar surface area (TPSA) is 0 Å². The van der Waals surface area contributed by atoms with Crippen molar-refractivity contribution in [3.63, 3.8) is 0 Å². The average molecular weight is 148 g/mol. The first-order valence-corrected chi connectivity index (χ1v) is 4.18. The molecule has 1 fully saturated rings. The van der Waals surface area contributed by atoms with E-state index >= 15 is 0 Å². The molecule has 0 aromatic rings. The zero-order valence-electron chi connectivity index (χ0n) is 7.43. The largest absolute Gasteiger partial charge is 0.0991 e. The van der Waals surface area contributed by atoms with Crippen molar-refractivity contribution in [2.24, 2.45) is 11.8 Å². The molecule has 11 heavy (non-hydrogen) atoms. The van der Waals surface area contributed by atoms with Crippen molar-refractivity contribution in [1.82, 2.24) is 0 Å². The van der Waals surface area contributed by atoms with Gasteiger partial charge in [-0.1, -0.05) is 39.2 Å². The van der Waals surface area contributed by atoms with Gasteiger partial charge in [0.05, 0.1) is 0 Å². The van der Waals surface area contributed by atoms with E-state index < -0.39 is 0 Å². The molecular formula is C11H16. The van der Waals surface area contributed by atoms with Crippen LogP contribution in [0.5, 0.6) is 0 Å². The second-order valence-corrected chi connectivity index (χ2v) is 3.42. The lowest BCUT2D eigenvalue weighted by molar-refractivity contribution is 0.595. The van der Waals surface area contributed by atoms with Gasteiger partial charge < -0.3 is 0 Å². The van der Waals surface area contributed by atoms with Crippen LogP contribution in [0.1, 0.15) is 20.3 Å². The maximum atomic E-state index is 4.07. The van der Waals surface area contributed by atoms with Gasteiger partial charge in [0.1, 0.15) is 0 Å². The zero-order valence-corrected chi connectivity index (χ0v) is 7.43. The Hall–Kier alpha value is -0.780. The maximum absolute atomic E-state index is 4.07.